The van der Waals surface area contributed by atoms with Crippen LogP contribution in [0.3, 0.4) is 0 Å². The number of thiazole rings is 1. The average Bonchev–Trinajstić information content (AvgIpc) is 3.16. The van der Waals surface area contributed by atoms with Crippen LogP contribution >= 0.6 is 11.3 Å². The van der Waals surface area contributed by atoms with Crippen molar-refractivity contribution in [3.05, 3.63) is 10.6 Å². The third-order valence-electron chi connectivity index (χ3n) is 7.26. The number of amides is 2. The number of hydrogen-bond donors (Lipinski definition) is 0. The Kier molecular flexibility index (Phi) is 5.50. The predicted octanol–water partition coefficient (Wildman–Crippen LogP) is 2.71. The van der Waals surface area contributed by atoms with Gasteiger partial charge in [0.1, 0.15) is 0 Å². The molecule has 0 radical (unpaired) electrons. The van der Waals surface area contributed by atoms with Crippen LogP contribution in [0, 0.1) is 11.8 Å². The van der Waals surface area contributed by atoms with Crippen molar-refractivity contribution in [1.29, 1.82) is 0 Å². The Morgan fingerprint density at radius 1 is 0.793 bits per heavy atom. The Morgan fingerprint density at radius 3 is 2.17 bits per heavy atom. The number of hydrogen-bond acceptors (Lipinski definition) is 5. The standard InChI is InChI=1S/C22H32N4O2S/c27-20(16-5-4-6-16)25-11-13-26(14-12-25)22-23-18-8-7-17(15-19(18)29-22)21(28)24-9-2-1-3-10-24/h16-17H,1-15H2. The molecule has 6 nitrogen and oxygen atoms in total. The molecule has 2 amide bonds. The number of carbonyl (C=O) groups excluding carboxylic acids is 2. The molecule has 0 spiro atoms. The lowest BCUT2D eigenvalue weighted by molar-refractivity contribution is -0.138. The van der Waals surface area contributed by atoms with Crippen LogP contribution in [0.4, 0.5) is 5.13 Å². The summed E-state index contributed by atoms with van der Waals surface area (Å²) in [5, 5.41) is 1.09. The van der Waals surface area contributed by atoms with Gasteiger partial charge in [0.2, 0.25) is 11.8 Å². The van der Waals surface area contributed by atoms with Gasteiger partial charge in [0, 0.05) is 56.0 Å². The van der Waals surface area contributed by atoms with Gasteiger partial charge in [-0.1, -0.05) is 6.42 Å². The lowest BCUT2D eigenvalue weighted by Gasteiger charge is -2.38. The molecule has 2 aliphatic heterocycles. The molecule has 0 aromatic carbocycles. The van der Waals surface area contributed by atoms with E-state index in [1.807, 2.05) is 0 Å². The van der Waals surface area contributed by atoms with Gasteiger partial charge in [-0.2, -0.15) is 0 Å². The molecule has 7 heteroatoms. The third-order valence-corrected chi connectivity index (χ3v) is 8.44. The Morgan fingerprint density at radius 2 is 1.48 bits per heavy atom. The number of carbonyl (C=O) groups is 2. The number of piperidine rings is 1. The Hall–Kier alpha value is -1.63. The Labute approximate surface area is 177 Å². The van der Waals surface area contributed by atoms with Crippen molar-refractivity contribution in [3.8, 4) is 0 Å². The molecule has 0 N–H and O–H groups in total. The zero-order chi connectivity index (χ0) is 19.8. The van der Waals surface area contributed by atoms with Gasteiger partial charge in [-0.15, -0.1) is 11.3 Å². The molecule has 1 aromatic heterocycles. The monoisotopic (exact) mass is 416 g/mol. The van der Waals surface area contributed by atoms with Crippen LogP contribution < -0.4 is 4.90 Å². The summed E-state index contributed by atoms with van der Waals surface area (Å²) in [6, 6.07) is 0. The van der Waals surface area contributed by atoms with E-state index in [0.29, 0.717) is 17.7 Å². The molecule has 4 aliphatic rings. The second-order valence-electron chi connectivity index (χ2n) is 9.13. The van der Waals surface area contributed by atoms with Crippen molar-refractivity contribution in [3.63, 3.8) is 0 Å². The number of anilines is 1. The molecular formula is C22H32N4O2S. The summed E-state index contributed by atoms with van der Waals surface area (Å²) in [4.78, 5) is 38.1. The van der Waals surface area contributed by atoms with Gasteiger partial charge in [0.15, 0.2) is 5.13 Å². The topological polar surface area (TPSA) is 56.8 Å². The molecule has 3 heterocycles. The van der Waals surface area contributed by atoms with Crippen LogP contribution in [-0.2, 0) is 22.4 Å². The molecule has 5 rings (SSSR count). The highest BCUT2D eigenvalue weighted by Gasteiger charge is 2.34. The van der Waals surface area contributed by atoms with Crippen LogP contribution in [0.5, 0.6) is 0 Å². The van der Waals surface area contributed by atoms with Crippen LogP contribution in [0.25, 0.3) is 0 Å². The van der Waals surface area contributed by atoms with Gasteiger partial charge in [0.25, 0.3) is 0 Å². The highest BCUT2D eigenvalue weighted by molar-refractivity contribution is 7.15. The first-order valence-electron chi connectivity index (χ1n) is 11.5. The molecule has 3 fully saturated rings. The summed E-state index contributed by atoms with van der Waals surface area (Å²) in [6.07, 6.45) is 9.67. The summed E-state index contributed by atoms with van der Waals surface area (Å²) in [5.41, 5.74) is 1.21. The van der Waals surface area contributed by atoms with E-state index in [0.717, 1.165) is 89.3 Å². The SMILES string of the molecule is O=C(C1CCC1)N1CCN(c2nc3c(s2)CC(C(=O)N2CCCCC2)CC3)CC1. The van der Waals surface area contributed by atoms with Crippen molar-refractivity contribution >= 4 is 28.3 Å². The summed E-state index contributed by atoms with van der Waals surface area (Å²) in [7, 11) is 0. The molecule has 2 aliphatic carbocycles. The fourth-order valence-corrected chi connectivity index (χ4v) is 6.35. The maximum absolute atomic E-state index is 12.9. The first kappa shape index (κ1) is 19.3. The number of fused-ring (bicyclic) bond motifs is 1. The van der Waals surface area contributed by atoms with Gasteiger partial charge < -0.3 is 14.7 Å². The minimum Gasteiger partial charge on any atom is -0.345 e. The summed E-state index contributed by atoms with van der Waals surface area (Å²) in [6.45, 7) is 5.27. The smallest absolute Gasteiger partial charge is 0.226 e. The van der Waals surface area contributed by atoms with E-state index < -0.39 is 0 Å². The van der Waals surface area contributed by atoms with Crippen molar-refractivity contribution in [2.75, 3.05) is 44.2 Å². The molecule has 1 aromatic rings. The van der Waals surface area contributed by atoms with E-state index in [4.69, 9.17) is 4.98 Å². The fraction of sp³-hybridized carbons (Fsp3) is 0.773. The number of piperazine rings is 1. The van der Waals surface area contributed by atoms with E-state index in [2.05, 4.69) is 14.7 Å². The normalized spacial score (nSPS) is 25.5. The minimum absolute atomic E-state index is 0.144. The van der Waals surface area contributed by atoms with Gasteiger partial charge in [-0.25, -0.2) is 4.98 Å². The molecule has 1 atom stereocenters. The second-order valence-corrected chi connectivity index (χ2v) is 10.2. The van der Waals surface area contributed by atoms with Crippen LogP contribution in [-0.4, -0.2) is 65.9 Å². The molecular weight excluding hydrogens is 384 g/mol. The first-order chi connectivity index (χ1) is 14.2. The van der Waals surface area contributed by atoms with E-state index >= 15 is 0 Å². The fourth-order valence-electron chi connectivity index (χ4n) is 5.11. The zero-order valence-corrected chi connectivity index (χ0v) is 18.1. The number of aromatic nitrogens is 1. The Balaban J connectivity index is 1.18. The molecule has 0 bridgehead atoms. The third kappa shape index (κ3) is 3.90. The van der Waals surface area contributed by atoms with Crippen molar-refractivity contribution in [2.45, 2.75) is 57.8 Å². The largest absolute Gasteiger partial charge is 0.345 e. The predicted molar refractivity (Wildman–Crippen MR) is 114 cm³/mol. The summed E-state index contributed by atoms with van der Waals surface area (Å²) >= 11 is 1.78. The van der Waals surface area contributed by atoms with Gasteiger partial charge in [-0.3, -0.25) is 9.59 Å². The number of likely N-dealkylation sites (tertiary alicyclic amines) is 1. The lowest BCUT2D eigenvalue weighted by Crippen LogP contribution is -2.51. The van der Waals surface area contributed by atoms with Crippen molar-refractivity contribution < 1.29 is 9.59 Å². The average molecular weight is 417 g/mol. The number of nitrogens with zero attached hydrogens (tertiary/aromatic N) is 4. The van der Waals surface area contributed by atoms with Crippen LogP contribution in [0.15, 0.2) is 0 Å². The van der Waals surface area contributed by atoms with E-state index in [1.165, 1.54) is 23.4 Å². The maximum atomic E-state index is 12.9. The van der Waals surface area contributed by atoms with Crippen molar-refractivity contribution in [1.82, 2.24) is 14.8 Å². The van der Waals surface area contributed by atoms with Gasteiger partial charge in [0.05, 0.1) is 5.69 Å². The van der Waals surface area contributed by atoms with Gasteiger partial charge >= 0.3 is 0 Å². The highest BCUT2D eigenvalue weighted by Crippen LogP contribution is 2.36. The van der Waals surface area contributed by atoms with Crippen molar-refractivity contribution in [2.24, 2.45) is 11.8 Å². The quantitative estimate of drug-likeness (QED) is 0.760. The molecule has 1 unspecified atom stereocenters. The zero-order valence-electron chi connectivity index (χ0n) is 17.3. The number of aryl methyl sites for hydroxylation is 1. The van der Waals surface area contributed by atoms with Crippen LogP contribution in [0.1, 0.15) is 55.5 Å². The molecule has 29 heavy (non-hydrogen) atoms. The van der Waals surface area contributed by atoms with Gasteiger partial charge in [-0.05, 0) is 51.4 Å². The lowest BCUT2D eigenvalue weighted by atomic mass is 9.84. The highest BCUT2D eigenvalue weighted by atomic mass is 32.1. The van der Waals surface area contributed by atoms with E-state index in [9.17, 15) is 9.59 Å². The van der Waals surface area contributed by atoms with E-state index in [-0.39, 0.29) is 5.92 Å². The molecule has 158 valence electrons. The minimum atomic E-state index is 0.144. The summed E-state index contributed by atoms with van der Waals surface area (Å²) in [5.74, 6) is 1.18. The summed E-state index contributed by atoms with van der Waals surface area (Å²) < 4.78 is 0. The van der Waals surface area contributed by atoms with E-state index in [1.54, 1.807) is 11.3 Å². The molecule has 2 saturated heterocycles. The van der Waals surface area contributed by atoms with Crippen LogP contribution in [0.2, 0.25) is 0 Å². The number of rotatable bonds is 3. The molecule has 1 saturated carbocycles. The maximum Gasteiger partial charge on any atom is 0.226 e. The second kappa shape index (κ2) is 8.25. The first-order valence-corrected chi connectivity index (χ1v) is 12.3. The Bertz CT molecular complexity index is 761.